The summed E-state index contributed by atoms with van der Waals surface area (Å²) in [4.78, 5) is 9.09. The summed E-state index contributed by atoms with van der Waals surface area (Å²) in [5.41, 5.74) is 3.27. The lowest BCUT2D eigenvalue weighted by Gasteiger charge is -2.14. The minimum atomic E-state index is 0.249. The second kappa shape index (κ2) is 6.12. The second-order valence-electron chi connectivity index (χ2n) is 5.69. The van der Waals surface area contributed by atoms with Crippen molar-refractivity contribution in [3.05, 3.63) is 40.7 Å². The van der Waals surface area contributed by atoms with Crippen molar-refractivity contribution >= 4 is 5.82 Å². The van der Waals surface area contributed by atoms with E-state index in [2.05, 4.69) is 49.0 Å². The quantitative estimate of drug-likeness (QED) is 0.906. The summed E-state index contributed by atoms with van der Waals surface area (Å²) in [6, 6.07) is 6.16. The van der Waals surface area contributed by atoms with E-state index in [0.29, 0.717) is 5.88 Å². The molecule has 21 heavy (non-hydrogen) atoms. The van der Waals surface area contributed by atoms with Crippen molar-refractivity contribution in [2.24, 2.45) is 0 Å². The highest BCUT2D eigenvalue weighted by molar-refractivity contribution is 5.49. The van der Waals surface area contributed by atoms with Gasteiger partial charge in [0.1, 0.15) is 17.4 Å². The molecule has 0 amide bonds. The largest absolute Gasteiger partial charge is 0.439 e. The molecule has 2 rings (SSSR count). The van der Waals surface area contributed by atoms with E-state index in [1.54, 1.807) is 0 Å². The van der Waals surface area contributed by atoms with Gasteiger partial charge in [0.15, 0.2) is 0 Å². The molecular formula is C17H23N3O. The fraction of sp³-hybridized carbons (Fsp3) is 0.412. The van der Waals surface area contributed by atoms with Gasteiger partial charge < -0.3 is 10.1 Å². The lowest BCUT2D eigenvalue weighted by molar-refractivity contribution is 0.452. The molecule has 4 nitrogen and oxygen atoms in total. The molecule has 0 unspecified atom stereocenters. The fourth-order valence-corrected chi connectivity index (χ4v) is 2.22. The Bertz CT molecular complexity index is 630. The molecule has 1 N–H and O–H groups in total. The van der Waals surface area contributed by atoms with Crippen LogP contribution in [-0.2, 0) is 0 Å². The van der Waals surface area contributed by atoms with Crippen LogP contribution in [0.1, 0.15) is 42.3 Å². The van der Waals surface area contributed by atoms with E-state index in [1.807, 2.05) is 26.1 Å². The molecule has 0 spiro atoms. The standard InChI is InChI=1S/C17H23N3O/c1-10(2)15-19-16(18-6)13(5)17(20-15)21-14-8-11(3)7-12(4)9-14/h7-10H,1-6H3,(H,18,19,20). The summed E-state index contributed by atoms with van der Waals surface area (Å²) >= 11 is 0. The SMILES string of the molecule is CNc1nc(C(C)C)nc(Oc2cc(C)cc(C)c2)c1C. The molecule has 0 saturated carbocycles. The molecule has 0 radical (unpaired) electrons. The Balaban J connectivity index is 2.45. The maximum Gasteiger partial charge on any atom is 0.227 e. The molecule has 0 fully saturated rings. The van der Waals surface area contributed by atoms with E-state index < -0.39 is 0 Å². The Morgan fingerprint density at radius 2 is 1.62 bits per heavy atom. The topological polar surface area (TPSA) is 47.0 Å². The van der Waals surface area contributed by atoms with Crippen molar-refractivity contribution < 1.29 is 4.74 Å². The molecule has 0 aliphatic carbocycles. The number of rotatable bonds is 4. The molecule has 4 heteroatoms. The lowest BCUT2D eigenvalue weighted by atomic mass is 10.1. The molecule has 1 aromatic carbocycles. The zero-order chi connectivity index (χ0) is 15.6. The maximum absolute atomic E-state index is 6.01. The Morgan fingerprint density at radius 3 is 2.14 bits per heavy atom. The average molecular weight is 285 g/mol. The molecule has 0 aliphatic rings. The summed E-state index contributed by atoms with van der Waals surface area (Å²) in [5, 5.41) is 3.11. The van der Waals surface area contributed by atoms with E-state index in [4.69, 9.17) is 4.74 Å². The molecule has 0 atom stereocenters. The van der Waals surface area contributed by atoms with Crippen LogP contribution in [0, 0.1) is 20.8 Å². The summed E-state index contributed by atoms with van der Waals surface area (Å²) in [7, 11) is 1.86. The number of nitrogens with zero attached hydrogens (tertiary/aromatic N) is 2. The lowest BCUT2D eigenvalue weighted by Crippen LogP contribution is -2.06. The Morgan fingerprint density at radius 1 is 1.00 bits per heavy atom. The Hall–Kier alpha value is -2.10. The maximum atomic E-state index is 6.01. The number of anilines is 1. The summed E-state index contributed by atoms with van der Waals surface area (Å²) < 4.78 is 6.01. The van der Waals surface area contributed by atoms with Gasteiger partial charge in [-0.05, 0) is 44.0 Å². The number of aromatic nitrogens is 2. The molecule has 2 aromatic rings. The third-order valence-corrected chi connectivity index (χ3v) is 3.28. The summed E-state index contributed by atoms with van der Waals surface area (Å²) in [6.07, 6.45) is 0. The summed E-state index contributed by atoms with van der Waals surface area (Å²) in [5.74, 6) is 3.27. The number of ether oxygens (including phenoxy) is 1. The molecule has 1 aromatic heterocycles. The first-order valence-corrected chi connectivity index (χ1v) is 7.23. The van der Waals surface area contributed by atoms with E-state index in [1.165, 1.54) is 11.1 Å². The molecule has 112 valence electrons. The van der Waals surface area contributed by atoms with E-state index in [9.17, 15) is 0 Å². The molecule has 0 aliphatic heterocycles. The smallest absolute Gasteiger partial charge is 0.227 e. The number of hydrogen-bond acceptors (Lipinski definition) is 4. The van der Waals surface area contributed by atoms with Gasteiger partial charge in [0.2, 0.25) is 5.88 Å². The van der Waals surface area contributed by atoms with Crippen LogP contribution >= 0.6 is 0 Å². The zero-order valence-corrected chi connectivity index (χ0v) is 13.6. The third kappa shape index (κ3) is 3.51. The van der Waals surface area contributed by atoms with Crippen molar-refractivity contribution in [1.82, 2.24) is 9.97 Å². The van der Waals surface area contributed by atoms with Crippen molar-refractivity contribution in [1.29, 1.82) is 0 Å². The van der Waals surface area contributed by atoms with Gasteiger partial charge in [-0.15, -0.1) is 0 Å². The normalized spacial score (nSPS) is 10.8. The van der Waals surface area contributed by atoms with Crippen molar-refractivity contribution in [3.63, 3.8) is 0 Å². The first kappa shape index (κ1) is 15.3. The summed E-state index contributed by atoms with van der Waals surface area (Å²) in [6.45, 7) is 10.2. The average Bonchev–Trinajstić information content (AvgIpc) is 2.39. The first-order valence-electron chi connectivity index (χ1n) is 7.23. The van der Waals surface area contributed by atoms with Gasteiger partial charge in [0, 0.05) is 13.0 Å². The van der Waals surface area contributed by atoms with Gasteiger partial charge >= 0.3 is 0 Å². The van der Waals surface area contributed by atoms with Crippen LogP contribution in [0.3, 0.4) is 0 Å². The highest BCUT2D eigenvalue weighted by Crippen LogP contribution is 2.29. The second-order valence-corrected chi connectivity index (χ2v) is 5.69. The Kier molecular flexibility index (Phi) is 4.46. The fourth-order valence-electron chi connectivity index (χ4n) is 2.22. The van der Waals surface area contributed by atoms with Gasteiger partial charge in [-0.1, -0.05) is 19.9 Å². The van der Waals surface area contributed by atoms with Crippen LogP contribution < -0.4 is 10.1 Å². The van der Waals surface area contributed by atoms with E-state index >= 15 is 0 Å². The van der Waals surface area contributed by atoms with Gasteiger partial charge in [-0.2, -0.15) is 4.98 Å². The number of nitrogens with one attached hydrogen (secondary N) is 1. The minimum absolute atomic E-state index is 0.249. The zero-order valence-electron chi connectivity index (χ0n) is 13.6. The minimum Gasteiger partial charge on any atom is -0.439 e. The predicted molar refractivity (Wildman–Crippen MR) is 86.4 cm³/mol. The van der Waals surface area contributed by atoms with Crippen LogP contribution in [-0.4, -0.2) is 17.0 Å². The van der Waals surface area contributed by atoms with Crippen molar-refractivity contribution in [2.75, 3.05) is 12.4 Å². The highest BCUT2D eigenvalue weighted by Gasteiger charge is 2.14. The van der Waals surface area contributed by atoms with E-state index in [0.717, 1.165) is 23.0 Å². The van der Waals surface area contributed by atoms with Gasteiger partial charge in [-0.25, -0.2) is 4.98 Å². The first-order chi connectivity index (χ1) is 9.90. The van der Waals surface area contributed by atoms with Crippen LogP contribution in [0.5, 0.6) is 11.6 Å². The van der Waals surface area contributed by atoms with Crippen molar-refractivity contribution in [2.45, 2.75) is 40.5 Å². The Labute approximate surface area is 126 Å². The van der Waals surface area contributed by atoms with Crippen LogP contribution in [0.2, 0.25) is 0 Å². The molecular weight excluding hydrogens is 262 g/mol. The third-order valence-electron chi connectivity index (χ3n) is 3.28. The van der Waals surface area contributed by atoms with Gasteiger partial charge in [0.05, 0.1) is 5.56 Å². The van der Waals surface area contributed by atoms with Gasteiger partial charge in [-0.3, -0.25) is 0 Å². The van der Waals surface area contributed by atoms with E-state index in [-0.39, 0.29) is 5.92 Å². The molecule has 0 bridgehead atoms. The van der Waals surface area contributed by atoms with Crippen LogP contribution in [0.4, 0.5) is 5.82 Å². The van der Waals surface area contributed by atoms with Crippen molar-refractivity contribution in [3.8, 4) is 11.6 Å². The monoisotopic (exact) mass is 285 g/mol. The van der Waals surface area contributed by atoms with Crippen LogP contribution in [0.25, 0.3) is 0 Å². The predicted octanol–water partition coefficient (Wildman–Crippen LogP) is 4.36. The van der Waals surface area contributed by atoms with Gasteiger partial charge in [0.25, 0.3) is 0 Å². The molecule has 0 saturated heterocycles. The molecule has 1 heterocycles. The number of hydrogen-bond donors (Lipinski definition) is 1. The number of benzene rings is 1. The van der Waals surface area contributed by atoms with Crippen LogP contribution in [0.15, 0.2) is 18.2 Å². The number of aryl methyl sites for hydroxylation is 2. The highest BCUT2D eigenvalue weighted by atomic mass is 16.5.